The Hall–Kier alpha value is -3.40. The van der Waals surface area contributed by atoms with E-state index >= 15 is 0 Å². The summed E-state index contributed by atoms with van der Waals surface area (Å²) in [5.41, 5.74) is 6.38. The number of fused-ring (bicyclic) bond motifs is 1. The minimum Gasteiger partial charge on any atom is -0.497 e. The Morgan fingerprint density at radius 3 is 2.67 bits per heavy atom. The van der Waals surface area contributed by atoms with Gasteiger partial charge in [-0.2, -0.15) is 5.26 Å². The van der Waals surface area contributed by atoms with Gasteiger partial charge in [0.1, 0.15) is 34.7 Å². The monoisotopic (exact) mass is 368 g/mol. The van der Waals surface area contributed by atoms with Crippen LogP contribution >= 0.6 is 0 Å². The number of rotatable bonds is 5. The molecule has 140 valence electrons. The van der Waals surface area contributed by atoms with Gasteiger partial charge in [-0.1, -0.05) is 13.0 Å². The summed E-state index contributed by atoms with van der Waals surface area (Å²) < 4.78 is 21.7. The zero-order valence-electron chi connectivity index (χ0n) is 15.4. The Kier molecular flexibility index (Phi) is 5.08. The number of nitriles is 1. The molecule has 0 aliphatic carbocycles. The maximum absolute atomic E-state index is 12.7. The van der Waals surface area contributed by atoms with Crippen LogP contribution in [-0.2, 0) is 6.42 Å². The van der Waals surface area contributed by atoms with E-state index in [0.717, 1.165) is 6.42 Å². The third-order valence-corrected chi connectivity index (χ3v) is 4.43. The number of methoxy groups -OCH3 is 2. The number of ether oxygens (including phenoxy) is 3. The number of hydrogen-bond donors (Lipinski definition) is 1. The molecule has 1 unspecified atom stereocenters. The summed E-state index contributed by atoms with van der Waals surface area (Å²) in [5.74, 6) is 1.06. The second kappa shape index (κ2) is 7.46. The molecule has 0 radical (unpaired) electrons. The normalized spacial score (nSPS) is 15.6. The van der Waals surface area contributed by atoms with Gasteiger partial charge in [0.25, 0.3) is 0 Å². The van der Waals surface area contributed by atoms with Gasteiger partial charge in [0, 0.05) is 24.1 Å². The first kappa shape index (κ1) is 18.4. The summed E-state index contributed by atoms with van der Waals surface area (Å²) in [4.78, 5) is 12.7. The molecule has 2 heterocycles. The van der Waals surface area contributed by atoms with Crippen molar-refractivity contribution in [1.29, 1.82) is 5.26 Å². The molecular formula is C20H20N2O5. The van der Waals surface area contributed by atoms with E-state index in [-0.39, 0.29) is 17.0 Å². The van der Waals surface area contributed by atoms with Crippen LogP contribution in [0.1, 0.15) is 36.1 Å². The van der Waals surface area contributed by atoms with Crippen molar-refractivity contribution in [2.24, 2.45) is 5.73 Å². The molecule has 2 aromatic rings. The highest BCUT2D eigenvalue weighted by atomic mass is 16.5. The molecule has 1 aliphatic heterocycles. The van der Waals surface area contributed by atoms with Crippen molar-refractivity contribution in [3.8, 4) is 23.3 Å². The molecule has 3 rings (SSSR count). The number of benzene rings is 1. The fourth-order valence-corrected chi connectivity index (χ4v) is 3.19. The lowest BCUT2D eigenvalue weighted by atomic mass is 9.83. The van der Waals surface area contributed by atoms with Crippen LogP contribution in [0.25, 0.3) is 0 Å². The van der Waals surface area contributed by atoms with E-state index in [2.05, 4.69) is 6.07 Å². The van der Waals surface area contributed by atoms with E-state index < -0.39 is 11.5 Å². The topological polar surface area (TPSA) is 108 Å². The molecule has 1 aromatic heterocycles. The highest BCUT2D eigenvalue weighted by molar-refractivity contribution is 5.58. The van der Waals surface area contributed by atoms with Gasteiger partial charge in [0.05, 0.1) is 25.7 Å². The summed E-state index contributed by atoms with van der Waals surface area (Å²) in [5, 5.41) is 9.65. The maximum Gasteiger partial charge on any atom is 0.343 e. The van der Waals surface area contributed by atoms with E-state index in [4.69, 9.17) is 24.4 Å². The molecule has 0 saturated heterocycles. The van der Waals surface area contributed by atoms with Crippen LogP contribution in [0, 0.1) is 11.3 Å². The van der Waals surface area contributed by atoms with Crippen LogP contribution in [0.2, 0.25) is 0 Å². The standard InChI is InChI=1S/C20H20N2O5/c1-4-5-12-9-16-18(20(23)26-12)17(14(10-21)19(22)27-16)13-7-6-11(24-2)8-15(13)25-3/h6-9,17H,4-5,22H2,1-3H3. The number of allylic oxidation sites excluding steroid dienone is 1. The summed E-state index contributed by atoms with van der Waals surface area (Å²) in [7, 11) is 3.05. The van der Waals surface area contributed by atoms with Crippen LogP contribution in [0.5, 0.6) is 17.2 Å². The largest absolute Gasteiger partial charge is 0.497 e. The van der Waals surface area contributed by atoms with Crippen LogP contribution < -0.4 is 25.6 Å². The molecule has 1 aliphatic rings. The first-order chi connectivity index (χ1) is 13.0. The molecule has 7 nitrogen and oxygen atoms in total. The molecule has 1 atom stereocenters. The van der Waals surface area contributed by atoms with E-state index in [1.54, 1.807) is 31.4 Å². The summed E-state index contributed by atoms with van der Waals surface area (Å²) in [6.45, 7) is 1.98. The highest BCUT2D eigenvalue weighted by Crippen LogP contribution is 2.44. The van der Waals surface area contributed by atoms with Crippen molar-refractivity contribution in [1.82, 2.24) is 0 Å². The second-order valence-corrected chi connectivity index (χ2v) is 6.06. The van der Waals surface area contributed by atoms with Gasteiger partial charge in [-0.15, -0.1) is 0 Å². The zero-order valence-corrected chi connectivity index (χ0v) is 15.4. The number of aryl methyl sites for hydroxylation is 1. The molecule has 0 bridgehead atoms. The average Bonchev–Trinajstić information content (AvgIpc) is 2.66. The predicted molar refractivity (Wildman–Crippen MR) is 97.8 cm³/mol. The Morgan fingerprint density at radius 1 is 1.26 bits per heavy atom. The molecule has 1 aromatic carbocycles. The zero-order chi connectivity index (χ0) is 19.6. The van der Waals surface area contributed by atoms with Crippen molar-refractivity contribution in [2.75, 3.05) is 14.2 Å². The third kappa shape index (κ3) is 3.22. The lowest BCUT2D eigenvalue weighted by Gasteiger charge is -2.26. The smallest absolute Gasteiger partial charge is 0.343 e. The lowest BCUT2D eigenvalue weighted by Crippen LogP contribution is -2.26. The predicted octanol–water partition coefficient (Wildman–Crippen LogP) is 2.83. The lowest BCUT2D eigenvalue weighted by molar-refractivity contribution is 0.362. The van der Waals surface area contributed by atoms with E-state index in [0.29, 0.717) is 35.0 Å². The van der Waals surface area contributed by atoms with Crippen LogP contribution in [0.3, 0.4) is 0 Å². The van der Waals surface area contributed by atoms with E-state index in [1.165, 1.54) is 7.11 Å². The van der Waals surface area contributed by atoms with E-state index in [1.807, 2.05) is 6.92 Å². The highest BCUT2D eigenvalue weighted by Gasteiger charge is 2.36. The Labute approximate surface area is 156 Å². The van der Waals surface area contributed by atoms with Crippen molar-refractivity contribution < 1.29 is 18.6 Å². The van der Waals surface area contributed by atoms with Gasteiger partial charge in [0.15, 0.2) is 0 Å². The minimum absolute atomic E-state index is 0.0408. The molecule has 0 spiro atoms. The number of nitrogens with two attached hydrogens (primary N) is 1. The summed E-state index contributed by atoms with van der Waals surface area (Å²) in [6, 6.07) is 8.86. The van der Waals surface area contributed by atoms with E-state index in [9.17, 15) is 10.1 Å². The number of hydrogen-bond acceptors (Lipinski definition) is 7. The van der Waals surface area contributed by atoms with Gasteiger partial charge >= 0.3 is 5.63 Å². The van der Waals surface area contributed by atoms with Crippen LogP contribution in [0.4, 0.5) is 0 Å². The van der Waals surface area contributed by atoms with Crippen molar-refractivity contribution >= 4 is 0 Å². The first-order valence-electron chi connectivity index (χ1n) is 8.50. The molecule has 2 N–H and O–H groups in total. The SMILES string of the molecule is CCCc1cc2c(c(=O)o1)C(c1ccc(OC)cc1OC)C(C#N)=C(N)O2. The molecule has 27 heavy (non-hydrogen) atoms. The van der Waals surface area contributed by atoms with Gasteiger partial charge in [-0.3, -0.25) is 0 Å². The third-order valence-electron chi connectivity index (χ3n) is 4.43. The fourth-order valence-electron chi connectivity index (χ4n) is 3.19. The number of nitrogens with zero attached hydrogens (tertiary/aromatic N) is 1. The van der Waals surface area contributed by atoms with Gasteiger partial charge < -0.3 is 24.4 Å². The molecular weight excluding hydrogens is 348 g/mol. The quantitative estimate of drug-likeness (QED) is 0.864. The Bertz CT molecular complexity index is 1000. The molecule has 0 saturated carbocycles. The average molecular weight is 368 g/mol. The van der Waals surface area contributed by atoms with Crippen molar-refractivity contribution in [2.45, 2.75) is 25.7 Å². The van der Waals surface area contributed by atoms with Crippen LogP contribution in [-0.4, -0.2) is 14.2 Å². The maximum atomic E-state index is 12.7. The molecule has 0 amide bonds. The summed E-state index contributed by atoms with van der Waals surface area (Å²) in [6.07, 6.45) is 1.41. The Morgan fingerprint density at radius 2 is 2.04 bits per heavy atom. The van der Waals surface area contributed by atoms with Gasteiger partial charge in [-0.25, -0.2) is 4.79 Å². The minimum atomic E-state index is -0.758. The fraction of sp³-hybridized carbons (Fsp3) is 0.300. The summed E-state index contributed by atoms with van der Waals surface area (Å²) >= 11 is 0. The second-order valence-electron chi connectivity index (χ2n) is 6.06. The Balaban J connectivity index is 2.27. The first-order valence-corrected chi connectivity index (χ1v) is 8.50. The van der Waals surface area contributed by atoms with Gasteiger partial charge in [0.2, 0.25) is 5.88 Å². The van der Waals surface area contributed by atoms with Gasteiger partial charge in [-0.05, 0) is 12.5 Å². The van der Waals surface area contributed by atoms with Crippen molar-refractivity contribution in [3.05, 3.63) is 63.0 Å². The molecule has 0 fully saturated rings. The van der Waals surface area contributed by atoms with Crippen LogP contribution in [0.15, 0.2) is 44.9 Å². The molecule has 7 heteroatoms. The van der Waals surface area contributed by atoms with Crippen molar-refractivity contribution in [3.63, 3.8) is 0 Å².